The van der Waals surface area contributed by atoms with Gasteiger partial charge in [-0.3, -0.25) is 4.79 Å². The van der Waals surface area contributed by atoms with Gasteiger partial charge in [-0.25, -0.2) is 8.42 Å². The number of nitrogens with zero attached hydrogens (tertiary/aromatic N) is 1. The summed E-state index contributed by atoms with van der Waals surface area (Å²) in [6.45, 7) is 3.30. The highest BCUT2D eigenvalue weighted by Crippen LogP contribution is 2.33. The molecule has 0 unspecified atom stereocenters. The van der Waals surface area contributed by atoms with E-state index in [1.54, 1.807) is 28.6 Å². The molecule has 0 N–H and O–H groups in total. The van der Waals surface area contributed by atoms with E-state index < -0.39 is 10.0 Å². The topological polar surface area (TPSA) is 54.5 Å². The van der Waals surface area contributed by atoms with Crippen LogP contribution in [0, 0.1) is 11.8 Å². The molecule has 2 aliphatic rings. The SMILES string of the molecule is CC1CCN(S(=O)(=O)c2cccc(C(=O)C3CC3)c2)CC1. The first kappa shape index (κ1) is 14.7. The molecule has 114 valence electrons. The van der Waals surface area contributed by atoms with E-state index in [1.165, 1.54) is 0 Å². The molecule has 2 fully saturated rings. The van der Waals surface area contributed by atoms with Crippen LogP contribution < -0.4 is 0 Å². The zero-order chi connectivity index (χ0) is 15.0. The van der Waals surface area contributed by atoms with E-state index in [2.05, 4.69) is 6.92 Å². The van der Waals surface area contributed by atoms with Gasteiger partial charge in [0, 0.05) is 24.6 Å². The van der Waals surface area contributed by atoms with Gasteiger partial charge in [0.05, 0.1) is 4.90 Å². The fraction of sp³-hybridized carbons (Fsp3) is 0.562. The third-order valence-corrected chi connectivity index (χ3v) is 6.34. The number of hydrogen-bond donors (Lipinski definition) is 0. The predicted octanol–water partition coefficient (Wildman–Crippen LogP) is 2.70. The first-order valence-corrected chi connectivity index (χ1v) is 9.07. The van der Waals surface area contributed by atoms with Gasteiger partial charge >= 0.3 is 0 Å². The summed E-state index contributed by atoms with van der Waals surface area (Å²) in [5.41, 5.74) is 0.531. The molecule has 3 rings (SSSR count). The fourth-order valence-corrected chi connectivity index (χ4v) is 4.28. The predicted molar refractivity (Wildman–Crippen MR) is 80.7 cm³/mol. The Bertz CT molecular complexity index is 641. The van der Waals surface area contributed by atoms with Crippen LogP contribution >= 0.6 is 0 Å². The van der Waals surface area contributed by atoms with E-state index in [-0.39, 0.29) is 16.6 Å². The summed E-state index contributed by atoms with van der Waals surface area (Å²) < 4.78 is 26.9. The van der Waals surface area contributed by atoms with Crippen molar-refractivity contribution in [2.45, 2.75) is 37.5 Å². The van der Waals surface area contributed by atoms with E-state index in [4.69, 9.17) is 0 Å². The minimum absolute atomic E-state index is 0.0827. The van der Waals surface area contributed by atoms with Crippen LogP contribution in [0.1, 0.15) is 43.0 Å². The smallest absolute Gasteiger partial charge is 0.243 e. The average Bonchev–Trinajstić information content (AvgIpc) is 3.32. The number of carbonyl (C=O) groups excluding carboxylic acids is 1. The number of Topliss-reactive ketones (excluding diaryl/α,β-unsaturated/α-hetero) is 1. The van der Waals surface area contributed by atoms with Crippen LogP contribution in [0.25, 0.3) is 0 Å². The van der Waals surface area contributed by atoms with E-state index >= 15 is 0 Å². The summed E-state index contributed by atoms with van der Waals surface area (Å²) in [7, 11) is -3.47. The van der Waals surface area contributed by atoms with Gasteiger partial charge in [-0.1, -0.05) is 19.1 Å². The maximum Gasteiger partial charge on any atom is 0.243 e. The molecule has 1 saturated heterocycles. The number of carbonyl (C=O) groups is 1. The van der Waals surface area contributed by atoms with Crippen LogP contribution in [-0.2, 0) is 10.0 Å². The highest BCUT2D eigenvalue weighted by molar-refractivity contribution is 7.89. The van der Waals surface area contributed by atoms with Crippen LogP contribution in [-0.4, -0.2) is 31.6 Å². The molecule has 5 heteroatoms. The summed E-state index contributed by atoms with van der Waals surface area (Å²) in [5, 5.41) is 0. The lowest BCUT2D eigenvalue weighted by atomic mass is 10.0. The van der Waals surface area contributed by atoms with Crippen molar-refractivity contribution in [2.75, 3.05) is 13.1 Å². The monoisotopic (exact) mass is 307 g/mol. The molecule has 0 atom stereocenters. The molecule has 0 amide bonds. The van der Waals surface area contributed by atoms with Gasteiger partial charge in [-0.15, -0.1) is 0 Å². The van der Waals surface area contributed by atoms with Gasteiger partial charge in [0.15, 0.2) is 5.78 Å². The Morgan fingerprint density at radius 3 is 2.43 bits per heavy atom. The van der Waals surface area contributed by atoms with Gasteiger partial charge in [0.1, 0.15) is 0 Å². The molecule has 0 radical (unpaired) electrons. The summed E-state index contributed by atoms with van der Waals surface area (Å²) >= 11 is 0. The quantitative estimate of drug-likeness (QED) is 0.804. The van der Waals surface area contributed by atoms with Crippen LogP contribution in [0.2, 0.25) is 0 Å². The first-order valence-electron chi connectivity index (χ1n) is 7.63. The molecule has 4 nitrogen and oxygen atoms in total. The zero-order valence-corrected chi connectivity index (χ0v) is 13.1. The van der Waals surface area contributed by atoms with Gasteiger partial charge in [-0.2, -0.15) is 4.31 Å². The molecule has 0 bridgehead atoms. The van der Waals surface area contributed by atoms with Gasteiger partial charge in [0.2, 0.25) is 10.0 Å². The lowest BCUT2D eigenvalue weighted by molar-refractivity contribution is 0.0967. The second-order valence-electron chi connectivity index (χ2n) is 6.25. The van der Waals surface area contributed by atoms with Crippen LogP contribution in [0.4, 0.5) is 0 Å². The molecule has 21 heavy (non-hydrogen) atoms. The second kappa shape index (κ2) is 5.54. The van der Waals surface area contributed by atoms with Crippen molar-refractivity contribution < 1.29 is 13.2 Å². The lowest BCUT2D eigenvalue weighted by Crippen LogP contribution is -2.37. The highest BCUT2D eigenvalue weighted by atomic mass is 32.2. The molecule has 1 aliphatic carbocycles. The van der Waals surface area contributed by atoms with Gasteiger partial charge in [0.25, 0.3) is 0 Å². The maximum absolute atomic E-state index is 12.7. The fourth-order valence-electron chi connectivity index (χ4n) is 2.77. The standard InChI is InChI=1S/C16H21NO3S/c1-12-7-9-17(10-8-12)21(19,20)15-4-2-3-14(11-15)16(18)13-5-6-13/h2-4,11-13H,5-10H2,1H3. The van der Waals surface area contributed by atoms with Gasteiger partial charge in [-0.05, 0) is 43.7 Å². The van der Waals surface area contributed by atoms with Crippen molar-refractivity contribution in [3.8, 4) is 0 Å². The van der Waals surface area contributed by atoms with Crippen molar-refractivity contribution in [1.82, 2.24) is 4.31 Å². The van der Waals surface area contributed by atoms with E-state index in [0.29, 0.717) is 24.6 Å². The van der Waals surface area contributed by atoms with Crippen molar-refractivity contribution in [3.63, 3.8) is 0 Å². The Kier molecular flexibility index (Phi) is 3.88. The van der Waals surface area contributed by atoms with Crippen LogP contribution in [0.15, 0.2) is 29.2 Å². The van der Waals surface area contributed by atoms with Crippen LogP contribution in [0.5, 0.6) is 0 Å². The molecule has 1 aromatic carbocycles. The molecular formula is C16H21NO3S. The summed E-state index contributed by atoms with van der Waals surface area (Å²) in [6, 6.07) is 6.54. The highest BCUT2D eigenvalue weighted by Gasteiger charge is 2.32. The third-order valence-electron chi connectivity index (χ3n) is 4.45. The number of ketones is 1. The molecule has 1 aliphatic heterocycles. The lowest BCUT2D eigenvalue weighted by Gasteiger charge is -2.29. The molecule has 0 aromatic heterocycles. The number of piperidine rings is 1. The van der Waals surface area contributed by atoms with Gasteiger partial charge < -0.3 is 0 Å². The normalized spacial score (nSPS) is 21.4. The number of sulfonamides is 1. The Balaban J connectivity index is 1.85. The molecule has 1 heterocycles. The molecular weight excluding hydrogens is 286 g/mol. The van der Waals surface area contributed by atoms with E-state index in [9.17, 15) is 13.2 Å². The second-order valence-corrected chi connectivity index (χ2v) is 8.19. The van der Waals surface area contributed by atoms with E-state index in [0.717, 1.165) is 25.7 Å². The Hall–Kier alpha value is -1.20. The zero-order valence-electron chi connectivity index (χ0n) is 12.3. The van der Waals surface area contributed by atoms with Crippen molar-refractivity contribution in [2.24, 2.45) is 11.8 Å². The molecule has 1 saturated carbocycles. The molecule has 0 spiro atoms. The van der Waals surface area contributed by atoms with E-state index in [1.807, 2.05) is 0 Å². The minimum atomic E-state index is -3.47. The third kappa shape index (κ3) is 3.04. The average molecular weight is 307 g/mol. The summed E-state index contributed by atoms with van der Waals surface area (Å²) in [5.74, 6) is 0.775. The van der Waals surface area contributed by atoms with Crippen molar-refractivity contribution in [3.05, 3.63) is 29.8 Å². The Labute approximate surface area is 126 Å². The Morgan fingerprint density at radius 2 is 1.81 bits per heavy atom. The summed E-state index contributed by atoms with van der Waals surface area (Å²) in [4.78, 5) is 12.4. The number of rotatable bonds is 4. The van der Waals surface area contributed by atoms with Crippen LogP contribution in [0.3, 0.4) is 0 Å². The number of hydrogen-bond acceptors (Lipinski definition) is 3. The largest absolute Gasteiger partial charge is 0.294 e. The molecule has 1 aromatic rings. The summed E-state index contributed by atoms with van der Waals surface area (Å²) in [6.07, 6.45) is 3.67. The number of benzene rings is 1. The Morgan fingerprint density at radius 1 is 1.14 bits per heavy atom. The van der Waals surface area contributed by atoms with Crippen molar-refractivity contribution >= 4 is 15.8 Å². The first-order chi connectivity index (χ1) is 9.98. The van der Waals surface area contributed by atoms with Crippen molar-refractivity contribution in [1.29, 1.82) is 0 Å². The minimum Gasteiger partial charge on any atom is -0.294 e. The maximum atomic E-state index is 12.7.